The number of nitrogen functional groups attached to an aromatic ring is 1. The molecule has 0 aromatic heterocycles. The number of piperidine rings is 1. The maximum Gasteiger partial charge on any atom is 0.250 e. The molecule has 1 atom stereocenters. The molecular weight excluding hydrogens is 278 g/mol. The van der Waals surface area contributed by atoms with Gasteiger partial charge in [-0.2, -0.15) is 0 Å². The molecule has 1 fully saturated rings. The first kappa shape index (κ1) is 16.2. The van der Waals surface area contributed by atoms with E-state index in [1.54, 1.807) is 18.2 Å². The highest BCUT2D eigenvalue weighted by molar-refractivity contribution is 5.76. The Hall–Kier alpha value is -2.22. The molecule has 1 aliphatic heterocycles. The maximum atomic E-state index is 12.2. The van der Waals surface area contributed by atoms with E-state index >= 15 is 0 Å². The van der Waals surface area contributed by atoms with Gasteiger partial charge in [0.2, 0.25) is 11.6 Å². The fourth-order valence-electron chi connectivity index (χ4n) is 2.82. The van der Waals surface area contributed by atoms with Crippen LogP contribution in [0.3, 0.4) is 0 Å². The summed E-state index contributed by atoms with van der Waals surface area (Å²) in [6, 6.07) is 5.32. The largest absolute Gasteiger partial charge is 0.502 e. The molecule has 0 spiro atoms. The average molecular weight is 301 g/mol. The zero-order valence-corrected chi connectivity index (χ0v) is 13.0. The molecule has 5 heteroatoms. The van der Waals surface area contributed by atoms with E-state index in [2.05, 4.69) is 4.85 Å². The van der Waals surface area contributed by atoms with E-state index in [-0.39, 0.29) is 11.9 Å². The summed E-state index contributed by atoms with van der Waals surface area (Å²) in [6.07, 6.45) is 4.56. The second-order valence-electron chi connectivity index (χ2n) is 5.60. The van der Waals surface area contributed by atoms with Gasteiger partial charge in [-0.1, -0.05) is 13.0 Å². The molecule has 1 aromatic carbocycles. The van der Waals surface area contributed by atoms with Crippen molar-refractivity contribution in [3.63, 3.8) is 0 Å². The summed E-state index contributed by atoms with van der Waals surface area (Å²) in [6.45, 7) is 10.5. The second kappa shape index (κ2) is 7.69. The smallest absolute Gasteiger partial charge is 0.250 e. The van der Waals surface area contributed by atoms with Crippen molar-refractivity contribution in [1.82, 2.24) is 4.90 Å². The van der Waals surface area contributed by atoms with Gasteiger partial charge in [-0.3, -0.25) is 4.79 Å². The highest BCUT2D eigenvalue weighted by Gasteiger charge is 2.26. The van der Waals surface area contributed by atoms with Crippen molar-refractivity contribution in [1.29, 1.82) is 0 Å². The molecule has 0 unspecified atom stereocenters. The van der Waals surface area contributed by atoms with Crippen molar-refractivity contribution >= 4 is 17.3 Å². The highest BCUT2D eigenvalue weighted by atomic mass is 16.5. The molecule has 1 saturated heterocycles. The number of nitrogens with two attached hydrogens (primary N) is 1. The highest BCUT2D eigenvalue weighted by Crippen LogP contribution is 2.34. The van der Waals surface area contributed by atoms with Crippen molar-refractivity contribution in [3.05, 3.63) is 29.6 Å². The monoisotopic (exact) mass is 301 g/mol. The molecule has 0 radical (unpaired) electrons. The summed E-state index contributed by atoms with van der Waals surface area (Å²) in [5, 5.41) is 0. The van der Waals surface area contributed by atoms with Crippen LogP contribution in [-0.4, -0.2) is 30.0 Å². The molecule has 0 saturated carbocycles. The van der Waals surface area contributed by atoms with Gasteiger partial charge in [0.25, 0.3) is 0 Å². The number of carbonyl (C=O) groups excluding carboxylic acids is 1. The predicted molar refractivity (Wildman–Crippen MR) is 86.9 cm³/mol. The van der Waals surface area contributed by atoms with Gasteiger partial charge in [-0.15, -0.1) is 0 Å². The summed E-state index contributed by atoms with van der Waals surface area (Å²) in [5.74, 6) is 0.706. The van der Waals surface area contributed by atoms with Gasteiger partial charge >= 0.3 is 0 Å². The van der Waals surface area contributed by atoms with Gasteiger partial charge in [0, 0.05) is 18.7 Å². The van der Waals surface area contributed by atoms with Crippen molar-refractivity contribution in [2.45, 2.75) is 45.1 Å². The maximum absolute atomic E-state index is 12.2. The number of rotatable bonds is 5. The Labute approximate surface area is 131 Å². The summed E-state index contributed by atoms with van der Waals surface area (Å²) in [5.41, 5.74) is 6.58. The Bertz CT molecular complexity index is 566. The average Bonchev–Trinajstić information content (AvgIpc) is 2.53. The summed E-state index contributed by atoms with van der Waals surface area (Å²) in [7, 11) is 0. The zero-order chi connectivity index (χ0) is 15.9. The molecule has 22 heavy (non-hydrogen) atoms. The first-order valence-corrected chi connectivity index (χ1v) is 7.85. The Morgan fingerprint density at radius 2 is 2.32 bits per heavy atom. The lowest BCUT2D eigenvalue weighted by Crippen LogP contribution is -2.46. The van der Waals surface area contributed by atoms with Crippen LogP contribution >= 0.6 is 0 Å². The lowest BCUT2D eigenvalue weighted by atomic mass is 10.0. The third-order valence-electron chi connectivity index (χ3n) is 3.98. The Balaban J connectivity index is 2.04. The minimum absolute atomic E-state index is 0.0906. The lowest BCUT2D eigenvalue weighted by Gasteiger charge is -2.35. The van der Waals surface area contributed by atoms with E-state index in [1.165, 1.54) is 0 Å². The Morgan fingerprint density at radius 1 is 1.50 bits per heavy atom. The van der Waals surface area contributed by atoms with Crippen LogP contribution in [0.2, 0.25) is 0 Å². The van der Waals surface area contributed by atoms with Crippen LogP contribution in [0.4, 0.5) is 11.4 Å². The van der Waals surface area contributed by atoms with Crippen LogP contribution in [0.15, 0.2) is 18.2 Å². The first-order valence-electron chi connectivity index (χ1n) is 7.85. The van der Waals surface area contributed by atoms with E-state index < -0.39 is 0 Å². The van der Waals surface area contributed by atoms with Crippen molar-refractivity contribution in [3.8, 4) is 5.75 Å². The summed E-state index contributed by atoms with van der Waals surface area (Å²) >= 11 is 0. The number of carbonyl (C=O) groups is 1. The van der Waals surface area contributed by atoms with Gasteiger partial charge < -0.3 is 15.4 Å². The molecule has 0 bridgehead atoms. The second-order valence-corrected chi connectivity index (χ2v) is 5.60. The molecule has 0 aliphatic carbocycles. The summed E-state index contributed by atoms with van der Waals surface area (Å²) < 4.78 is 5.82. The third kappa shape index (κ3) is 3.70. The molecule has 1 heterocycles. The molecule has 2 rings (SSSR count). The van der Waals surface area contributed by atoms with Crippen LogP contribution in [0.25, 0.3) is 4.85 Å². The number of amides is 1. The van der Waals surface area contributed by atoms with E-state index in [4.69, 9.17) is 17.0 Å². The van der Waals surface area contributed by atoms with Crippen LogP contribution in [0, 0.1) is 6.57 Å². The summed E-state index contributed by atoms with van der Waals surface area (Å²) in [4.78, 5) is 17.6. The molecule has 1 aliphatic rings. The van der Waals surface area contributed by atoms with Crippen molar-refractivity contribution in [2.24, 2.45) is 0 Å². The fraction of sp³-hybridized carbons (Fsp3) is 0.529. The number of hydrogen-bond acceptors (Lipinski definition) is 3. The Kier molecular flexibility index (Phi) is 5.65. The van der Waals surface area contributed by atoms with E-state index in [1.807, 2.05) is 11.8 Å². The van der Waals surface area contributed by atoms with Crippen LogP contribution in [0.1, 0.15) is 39.0 Å². The third-order valence-corrected chi connectivity index (χ3v) is 3.98. The predicted octanol–water partition coefficient (Wildman–Crippen LogP) is 3.38. The number of likely N-dealkylation sites (tertiary alicyclic amines) is 1. The molecule has 5 nitrogen and oxygen atoms in total. The number of hydrogen-bond donors (Lipinski definition) is 1. The zero-order valence-electron chi connectivity index (χ0n) is 13.0. The van der Waals surface area contributed by atoms with Gasteiger partial charge in [0.1, 0.15) is 12.4 Å². The van der Waals surface area contributed by atoms with Crippen molar-refractivity contribution in [2.75, 3.05) is 18.9 Å². The van der Waals surface area contributed by atoms with Gasteiger partial charge in [-0.05, 0) is 37.8 Å². The van der Waals surface area contributed by atoms with Crippen LogP contribution < -0.4 is 10.5 Å². The molecular formula is C17H23N3O2. The first-order chi connectivity index (χ1) is 10.7. The van der Waals surface area contributed by atoms with E-state index in [0.29, 0.717) is 30.2 Å². The topological polar surface area (TPSA) is 59.9 Å². The molecule has 2 N–H and O–H groups in total. The minimum Gasteiger partial charge on any atom is -0.502 e. The van der Waals surface area contributed by atoms with Gasteiger partial charge in [0.05, 0.1) is 12.6 Å². The number of anilines is 1. The van der Waals surface area contributed by atoms with Crippen LogP contribution in [0.5, 0.6) is 5.75 Å². The fourth-order valence-corrected chi connectivity index (χ4v) is 2.82. The molecule has 1 aromatic rings. The van der Waals surface area contributed by atoms with Gasteiger partial charge in [0.15, 0.2) is 0 Å². The number of benzene rings is 1. The van der Waals surface area contributed by atoms with E-state index in [9.17, 15) is 4.79 Å². The molecule has 1 amide bonds. The number of para-hydroxylation sites is 1. The van der Waals surface area contributed by atoms with Gasteiger partial charge in [-0.25, -0.2) is 4.85 Å². The minimum atomic E-state index is 0.0906. The van der Waals surface area contributed by atoms with Crippen LogP contribution in [-0.2, 0) is 4.79 Å². The lowest BCUT2D eigenvalue weighted by molar-refractivity contribution is -0.135. The molecule has 118 valence electrons. The van der Waals surface area contributed by atoms with E-state index in [0.717, 1.165) is 32.2 Å². The normalized spacial score (nSPS) is 17.8. The quantitative estimate of drug-likeness (QED) is 0.670. The number of ether oxygens (including phenoxy) is 1. The standard InChI is InChI=1S/C17H23N3O2/c1-3-7-16(21)20-11-5-4-8-13(20)12-22-15-10-6-9-14(18)17(15)19-2/h6,9-10,13H,3-5,7-8,11-12,18H2,1H3/t13-/m1/s1. The SMILES string of the molecule is [C-]#[N+]c1c(N)cccc1OC[C@H]1CCCCN1C(=O)CCC. The Morgan fingerprint density at radius 3 is 3.05 bits per heavy atom. The number of nitrogens with zero attached hydrogens (tertiary/aromatic N) is 2. The van der Waals surface area contributed by atoms with Crippen molar-refractivity contribution < 1.29 is 9.53 Å².